The Balaban J connectivity index is 0.000000339. The van der Waals surface area contributed by atoms with Crippen LogP contribution in [0.2, 0.25) is 0 Å². The van der Waals surface area contributed by atoms with Crippen molar-refractivity contribution in [1.29, 1.82) is 0 Å². The normalized spacial score (nSPS) is 11.1. The van der Waals surface area contributed by atoms with E-state index in [1.807, 2.05) is 12.1 Å². The summed E-state index contributed by atoms with van der Waals surface area (Å²) < 4.78 is 5.85. The predicted molar refractivity (Wildman–Crippen MR) is 116 cm³/mol. The molecule has 3 aromatic heterocycles. The number of tetrazole rings is 1. The number of aromatic nitrogens is 5. The Kier molecular flexibility index (Phi) is 7.23. The van der Waals surface area contributed by atoms with Crippen molar-refractivity contribution in [3.8, 4) is 11.4 Å². The lowest BCUT2D eigenvalue weighted by molar-refractivity contribution is 0.266. The van der Waals surface area contributed by atoms with Crippen LogP contribution in [0, 0.1) is 0 Å². The van der Waals surface area contributed by atoms with Crippen LogP contribution >= 0.6 is 0 Å². The SMILES string of the molecule is CC(C)c1ccc2oc3cc(-c4nnn[nH]4)c(N)nc3c(=O)c2c1.OCCNCCO. The van der Waals surface area contributed by atoms with Gasteiger partial charge in [0, 0.05) is 13.1 Å². The molecule has 1 aromatic carbocycles. The van der Waals surface area contributed by atoms with Crippen LogP contribution in [0.4, 0.5) is 5.82 Å². The maximum atomic E-state index is 12.8. The van der Waals surface area contributed by atoms with Crippen molar-refractivity contribution in [1.82, 2.24) is 30.9 Å². The molecule has 6 N–H and O–H groups in total. The first kappa shape index (κ1) is 22.3. The average Bonchev–Trinajstić information content (AvgIpc) is 3.29. The van der Waals surface area contributed by atoms with Gasteiger partial charge in [0.05, 0.1) is 24.2 Å². The van der Waals surface area contributed by atoms with E-state index in [-0.39, 0.29) is 30.0 Å². The third-order valence-electron chi connectivity index (χ3n) is 4.54. The average molecular weight is 427 g/mol. The molecule has 0 saturated heterocycles. The van der Waals surface area contributed by atoms with Crippen LogP contribution in [0.15, 0.2) is 33.5 Å². The number of aromatic amines is 1. The molecule has 164 valence electrons. The molecule has 0 radical (unpaired) electrons. The number of nitrogens with two attached hydrogens (primary N) is 1. The summed E-state index contributed by atoms with van der Waals surface area (Å²) in [7, 11) is 0. The fraction of sp³-hybridized carbons (Fsp3) is 0.350. The predicted octanol–water partition coefficient (Wildman–Crippen LogP) is 0.787. The zero-order chi connectivity index (χ0) is 22.4. The zero-order valence-electron chi connectivity index (χ0n) is 17.3. The van der Waals surface area contributed by atoms with E-state index in [2.05, 4.69) is 44.8 Å². The van der Waals surface area contributed by atoms with E-state index in [0.29, 0.717) is 46.9 Å². The van der Waals surface area contributed by atoms with Crippen molar-refractivity contribution in [2.75, 3.05) is 32.0 Å². The summed E-state index contributed by atoms with van der Waals surface area (Å²) in [5.41, 5.74) is 8.33. The number of hydrogen-bond acceptors (Lipinski definition) is 10. The van der Waals surface area contributed by atoms with Gasteiger partial charge < -0.3 is 25.7 Å². The fourth-order valence-corrected chi connectivity index (χ4v) is 2.91. The highest BCUT2D eigenvalue weighted by molar-refractivity contribution is 5.91. The second-order valence-corrected chi connectivity index (χ2v) is 7.06. The van der Waals surface area contributed by atoms with E-state index in [1.165, 1.54) is 0 Å². The number of benzene rings is 1. The van der Waals surface area contributed by atoms with E-state index in [4.69, 9.17) is 20.4 Å². The molecule has 0 aliphatic rings. The number of rotatable bonds is 6. The minimum absolute atomic E-state index is 0.139. The van der Waals surface area contributed by atoms with Gasteiger partial charge in [-0.2, -0.15) is 0 Å². The van der Waals surface area contributed by atoms with Gasteiger partial charge in [0.2, 0.25) is 5.43 Å². The van der Waals surface area contributed by atoms with Crippen LogP contribution in [0.1, 0.15) is 25.3 Å². The molecule has 0 spiro atoms. The number of H-pyrrole nitrogens is 1. The van der Waals surface area contributed by atoms with Crippen molar-refractivity contribution >= 4 is 27.9 Å². The highest BCUT2D eigenvalue weighted by Crippen LogP contribution is 2.27. The quantitative estimate of drug-likeness (QED) is 0.218. The molecule has 0 bridgehead atoms. The number of nitrogens with zero attached hydrogens (tertiary/aromatic N) is 4. The standard InChI is InChI=1S/C16H14N6O2.C4H11NO2/c1-7(2)8-3-4-11-9(5-8)14(23)13-12(24-11)6-10(15(17)18-13)16-19-21-22-20-16;6-3-1-5-2-4-7/h3-7H,1-2H3,(H2,17,18)(H,19,20,21,22);5-7H,1-4H2. The van der Waals surface area contributed by atoms with Crippen LogP contribution in [0.3, 0.4) is 0 Å². The topological polar surface area (TPSA) is 176 Å². The Bertz CT molecular complexity index is 1200. The Hall–Kier alpha value is -3.41. The van der Waals surface area contributed by atoms with Crippen LogP contribution in [0.5, 0.6) is 0 Å². The number of nitrogens with one attached hydrogen (secondary N) is 2. The minimum Gasteiger partial charge on any atom is -0.454 e. The first-order valence-electron chi connectivity index (χ1n) is 9.79. The van der Waals surface area contributed by atoms with E-state index < -0.39 is 0 Å². The summed E-state index contributed by atoms with van der Waals surface area (Å²) in [6.45, 7) is 5.55. The zero-order valence-corrected chi connectivity index (χ0v) is 17.3. The number of nitrogen functional groups attached to an aromatic ring is 1. The van der Waals surface area contributed by atoms with Gasteiger partial charge in [-0.3, -0.25) is 4.79 Å². The molecule has 0 fully saturated rings. The van der Waals surface area contributed by atoms with Gasteiger partial charge in [-0.1, -0.05) is 19.9 Å². The van der Waals surface area contributed by atoms with Crippen molar-refractivity contribution in [2.45, 2.75) is 19.8 Å². The van der Waals surface area contributed by atoms with Gasteiger partial charge in [0.25, 0.3) is 0 Å². The van der Waals surface area contributed by atoms with E-state index in [0.717, 1.165) is 5.56 Å². The van der Waals surface area contributed by atoms with E-state index in [9.17, 15) is 4.79 Å². The maximum Gasteiger partial charge on any atom is 0.219 e. The third kappa shape index (κ3) is 5.02. The number of anilines is 1. The van der Waals surface area contributed by atoms with Crippen LogP contribution in [-0.2, 0) is 0 Å². The smallest absolute Gasteiger partial charge is 0.219 e. The summed E-state index contributed by atoms with van der Waals surface area (Å²) in [5.74, 6) is 0.830. The lowest BCUT2D eigenvalue weighted by atomic mass is 10.0. The van der Waals surface area contributed by atoms with E-state index in [1.54, 1.807) is 12.1 Å². The molecular weight excluding hydrogens is 402 g/mol. The molecular formula is C20H25N7O4. The van der Waals surface area contributed by atoms with Gasteiger partial charge in [-0.15, -0.1) is 5.10 Å². The summed E-state index contributed by atoms with van der Waals surface area (Å²) in [4.78, 5) is 17.0. The largest absolute Gasteiger partial charge is 0.454 e. The summed E-state index contributed by atoms with van der Waals surface area (Å²) in [5, 5.41) is 33.0. The number of aliphatic hydroxyl groups is 2. The molecule has 4 aromatic rings. The molecule has 31 heavy (non-hydrogen) atoms. The minimum atomic E-state index is -0.206. The lowest BCUT2D eigenvalue weighted by Crippen LogP contribution is -2.21. The summed E-state index contributed by atoms with van der Waals surface area (Å²) >= 11 is 0. The van der Waals surface area contributed by atoms with Gasteiger partial charge >= 0.3 is 0 Å². The molecule has 3 heterocycles. The summed E-state index contributed by atoms with van der Waals surface area (Å²) in [6.07, 6.45) is 0. The van der Waals surface area contributed by atoms with Crippen molar-refractivity contribution in [3.63, 3.8) is 0 Å². The van der Waals surface area contributed by atoms with Crippen molar-refractivity contribution < 1.29 is 14.6 Å². The molecule has 11 heteroatoms. The van der Waals surface area contributed by atoms with Gasteiger partial charge in [-0.05, 0) is 40.1 Å². The lowest BCUT2D eigenvalue weighted by Gasteiger charge is -2.08. The molecule has 4 rings (SSSR count). The first-order chi connectivity index (χ1) is 15.0. The molecule has 0 atom stereocenters. The second kappa shape index (κ2) is 10.1. The summed E-state index contributed by atoms with van der Waals surface area (Å²) in [6, 6.07) is 7.22. The Labute approximate surface area is 177 Å². The molecule has 0 unspecified atom stereocenters. The van der Waals surface area contributed by atoms with E-state index >= 15 is 0 Å². The number of hydrogen-bond donors (Lipinski definition) is 5. The monoisotopic (exact) mass is 427 g/mol. The van der Waals surface area contributed by atoms with Crippen LogP contribution < -0.4 is 16.5 Å². The van der Waals surface area contributed by atoms with Crippen LogP contribution in [-0.4, -0.2) is 62.1 Å². The Morgan fingerprint density at radius 3 is 2.52 bits per heavy atom. The number of fused-ring (bicyclic) bond motifs is 2. The van der Waals surface area contributed by atoms with Crippen LogP contribution in [0.25, 0.3) is 33.5 Å². The van der Waals surface area contributed by atoms with Gasteiger partial charge in [0.1, 0.15) is 11.4 Å². The first-order valence-corrected chi connectivity index (χ1v) is 9.79. The molecule has 0 aliphatic heterocycles. The molecule has 0 saturated carbocycles. The molecule has 0 amide bonds. The second-order valence-electron chi connectivity index (χ2n) is 7.06. The van der Waals surface area contributed by atoms with Crippen molar-refractivity contribution in [2.24, 2.45) is 0 Å². The highest BCUT2D eigenvalue weighted by Gasteiger charge is 2.16. The highest BCUT2D eigenvalue weighted by atomic mass is 16.3. The van der Waals surface area contributed by atoms with Crippen molar-refractivity contribution in [3.05, 3.63) is 40.1 Å². The Morgan fingerprint density at radius 2 is 1.90 bits per heavy atom. The van der Waals surface area contributed by atoms with Gasteiger partial charge in [0.15, 0.2) is 16.9 Å². The number of aliphatic hydroxyl groups excluding tert-OH is 2. The van der Waals surface area contributed by atoms with Gasteiger partial charge in [-0.25, -0.2) is 10.1 Å². The number of pyridine rings is 1. The molecule has 11 nitrogen and oxygen atoms in total. The molecule has 0 aliphatic carbocycles. The fourth-order valence-electron chi connectivity index (χ4n) is 2.91. The third-order valence-corrected chi connectivity index (χ3v) is 4.54. The Morgan fingerprint density at radius 1 is 1.16 bits per heavy atom. The maximum absolute atomic E-state index is 12.8.